The van der Waals surface area contributed by atoms with Gasteiger partial charge in [0.2, 0.25) is 0 Å². The van der Waals surface area contributed by atoms with E-state index in [2.05, 4.69) is 4.98 Å². The maximum absolute atomic E-state index is 13.0. The molecule has 5 aromatic rings. The standard InChI is InChI=1S/C20H12N2O2S/c23-18-15-11-16(12-6-2-1-3-7-12)25-20(15)22-17(21-18)10-13-8-4-5-9-14(13)19(22)24/h1-11H,(H,21,23). The average molecular weight is 344 g/mol. The van der Waals surface area contributed by atoms with E-state index in [-0.39, 0.29) is 11.1 Å². The zero-order valence-corrected chi connectivity index (χ0v) is 13.8. The fourth-order valence-corrected chi connectivity index (χ4v) is 4.36. The highest BCUT2D eigenvalue weighted by atomic mass is 32.1. The number of aromatic nitrogens is 2. The Morgan fingerprint density at radius 3 is 2.44 bits per heavy atom. The SMILES string of the molecule is O=c1[nH]c2cc3ccccc3c(=O)n2c2sc(-c3ccccc3)cc12. The second kappa shape index (κ2) is 5.16. The van der Waals surface area contributed by atoms with Crippen LogP contribution in [0.25, 0.3) is 37.1 Å². The molecule has 2 aromatic carbocycles. The quantitative estimate of drug-likeness (QED) is 0.467. The summed E-state index contributed by atoms with van der Waals surface area (Å²) < 4.78 is 1.61. The highest BCUT2D eigenvalue weighted by Crippen LogP contribution is 2.31. The van der Waals surface area contributed by atoms with Crippen molar-refractivity contribution in [2.75, 3.05) is 0 Å². The summed E-state index contributed by atoms with van der Waals surface area (Å²) in [4.78, 5) is 30.0. The van der Waals surface area contributed by atoms with Crippen molar-refractivity contribution < 1.29 is 0 Å². The van der Waals surface area contributed by atoms with E-state index in [1.54, 1.807) is 4.40 Å². The van der Waals surface area contributed by atoms with Crippen LogP contribution in [0.3, 0.4) is 0 Å². The van der Waals surface area contributed by atoms with Gasteiger partial charge in [-0.05, 0) is 29.1 Å². The van der Waals surface area contributed by atoms with Crippen LogP contribution in [0.2, 0.25) is 0 Å². The molecular formula is C20H12N2O2S. The van der Waals surface area contributed by atoms with Crippen LogP contribution < -0.4 is 11.1 Å². The van der Waals surface area contributed by atoms with Crippen LogP contribution in [-0.2, 0) is 0 Å². The van der Waals surface area contributed by atoms with Crippen molar-refractivity contribution in [1.29, 1.82) is 0 Å². The van der Waals surface area contributed by atoms with Crippen LogP contribution in [0.4, 0.5) is 0 Å². The van der Waals surface area contributed by atoms with E-state index in [0.717, 1.165) is 15.8 Å². The van der Waals surface area contributed by atoms with Gasteiger partial charge in [0.1, 0.15) is 10.5 Å². The Bertz CT molecular complexity index is 1380. The third-order valence-corrected chi connectivity index (χ3v) is 5.56. The lowest BCUT2D eigenvalue weighted by Gasteiger charge is -2.04. The first-order chi connectivity index (χ1) is 12.2. The molecule has 0 saturated heterocycles. The van der Waals surface area contributed by atoms with Crippen molar-refractivity contribution in [1.82, 2.24) is 9.38 Å². The smallest absolute Gasteiger partial charge is 0.265 e. The number of thiophene rings is 1. The topological polar surface area (TPSA) is 54.3 Å². The van der Waals surface area contributed by atoms with E-state index in [4.69, 9.17) is 0 Å². The van der Waals surface area contributed by atoms with Crippen molar-refractivity contribution in [3.63, 3.8) is 0 Å². The van der Waals surface area contributed by atoms with Gasteiger partial charge in [-0.25, -0.2) is 0 Å². The largest absolute Gasteiger partial charge is 0.307 e. The van der Waals surface area contributed by atoms with Gasteiger partial charge in [0, 0.05) is 10.3 Å². The molecule has 0 spiro atoms. The molecule has 3 heterocycles. The molecule has 4 nitrogen and oxygen atoms in total. The summed E-state index contributed by atoms with van der Waals surface area (Å²) in [6.45, 7) is 0. The maximum atomic E-state index is 13.0. The van der Waals surface area contributed by atoms with E-state index >= 15 is 0 Å². The molecule has 0 amide bonds. The Kier molecular flexibility index (Phi) is 2.93. The lowest BCUT2D eigenvalue weighted by molar-refractivity contribution is 1.12. The summed E-state index contributed by atoms with van der Waals surface area (Å²) in [6.07, 6.45) is 0. The van der Waals surface area contributed by atoms with Crippen LogP contribution >= 0.6 is 11.3 Å². The molecule has 0 unspecified atom stereocenters. The molecule has 0 saturated carbocycles. The van der Waals surface area contributed by atoms with Crippen molar-refractivity contribution in [3.8, 4) is 10.4 Å². The van der Waals surface area contributed by atoms with Crippen molar-refractivity contribution in [3.05, 3.63) is 87.4 Å². The number of nitrogens with one attached hydrogen (secondary N) is 1. The molecule has 0 aliphatic heterocycles. The Morgan fingerprint density at radius 1 is 0.840 bits per heavy atom. The molecule has 0 radical (unpaired) electrons. The maximum Gasteiger partial charge on any atom is 0.265 e. The zero-order chi connectivity index (χ0) is 17.0. The first-order valence-corrected chi connectivity index (χ1v) is 8.70. The van der Waals surface area contributed by atoms with Gasteiger partial charge in [-0.3, -0.25) is 14.0 Å². The lowest BCUT2D eigenvalue weighted by Crippen LogP contribution is -2.19. The Balaban J connectivity index is 1.97. The van der Waals surface area contributed by atoms with Gasteiger partial charge in [0.05, 0.1) is 5.39 Å². The molecule has 5 rings (SSSR count). The minimum Gasteiger partial charge on any atom is -0.307 e. The number of hydrogen-bond donors (Lipinski definition) is 1. The summed E-state index contributed by atoms with van der Waals surface area (Å²) in [5.41, 5.74) is 1.26. The lowest BCUT2D eigenvalue weighted by atomic mass is 10.1. The second-order valence-electron chi connectivity index (χ2n) is 5.91. The summed E-state index contributed by atoms with van der Waals surface area (Å²) >= 11 is 1.46. The molecular weight excluding hydrogens is 332 g/mol. The monoisotopic (exact) mass is 344 g/mol. The van der Waals surface area contributed by atoms with Gasteiger partial charge in [-0.1, -0.05) is 48.5 Å². The van der Waals surface area contributed by atoms with Crippen molar-refractivity contribution in [2.45, 2.75) is 0 Å². The van der Waals surface area contributed by atoms with Crippen LogP contribution in [0, 0.1) is 0 Å². The fraction of sp³-hybridized carbons (Fsp3) is 0. The molecule has 0 bridgehead atoms. The van der Waals surface area contributed by atoms with E-state index in [0.29, 0.717) is 21.3 Å². The minimum absolute atomic E-state index is 0.115. The van der Waals surface area contributed by atoms with E-state index in [1.807, 2.05) is 66.7 Å². The fourth-order valence-electron chi connectivity index (χ4n) is 3.19. The molecule has 120 valence electrons. The molecule has 0 aliphatic carbocycles. The third-order valence-electron chi connectivity index (χ3n) is 4.39. The molecule has 0 aliphatic rings. The number of nitrogens with zero attached hydrogens (tertiary/aromatic N) is 1. The van der Waals surface area contributed by atoms with E-state index in [1.165, 1.54) is 11.3 Å². The van der Waals surface area contributed by atoms with E-state index in [9.17, 15) is 9.59 Å². The predicted octanol–water partition coefficient (Wildman–Crippen LogP) is 4.02. The van der Waals surface area contributed by atoms with Gasteiger partial charge < -0.3 is 4.98 Å². The van der Waals surface area contributed by atoms with Gasteiger partial charge in [0.25, 0.3) is 11.1 Å². The summed E-state index contributed by atoms with van der Waals surface area (Å²) in [5, 5.41) is 2.00. The minimum atomic E-state index is -0.178. The third kappa shape index (κ3) is 2.06. The molecule has 3 aromatic heterocycles. The number of hydrogen-bond acceptors (Lipinski definition) is 3. The first-order valence-electron chi connectivity index (χ1n) is 7.88. The van der Waals surface area contributed by atoms with E-state index < -0.39 is 0 Å². The number of rotatable bonds is 1. The van der Waals surface area contributed by atoms with Crippen LogP contribution in [0.1, 0.15) is 0 Å². The van der Waals surface area contributed by atoms with Gasteiger partial charge in [0.15, 0.2) is 0 Å². The normalized spacial score (nSPS) is 11.5. The highest BCUT2D eigenvalue weighted by Gasteiger charge is 2.13. The predicted molar refractivity (Wildman–Crippen MR) is 103 cm³/mol. The van der Waals surface area contributed by atoms with Gasteiger partial charge >= 0.3 is 0 Å². The highest BCUT2D eigenvalue weighted by molar-refractivity contribution is 7.21. The molecule has 0 fully saturated rings. The Hall–Kier alpha value is -3.18. The summed E-state index contributed by atoms with van der Waals surface area (Å²) in [6, 6.07) is 21.0. The Morgan fingerprint density at radius 2 is 1.60 bits per heavy atom. The first kappa shape index (κ1) is 14.2. The summed E-state index contributed by atoms with van der Waals surface area (Å²) in [5.74, 6) is 0. The zero-order valence-electron chi connectivity index (χ0n) is 13.0. The molecule has 5 heteroatoms. The number of H-pyrrole nitrogens is 1. The molecule has 1 N–H and O–H groups in total. The average Bonchev–Trinajstić information content (AvgIpc) is 3.08. The van der Waals surface area contributed by atoms with Crippen LogP contribution in [-0.4, -0.2) is 9.38 Å². The van der Waals surface area contributed by atoms with Gasteiger partial charge in [-0.15, -0.1) is 11.3 Å². The van der Waals surface area contributed by atoms with Crippen LogP contribution in [0.15, 0.2) is 76.3 Å². The van der Waals surface area contributed by atoms with Crippen molar-refractivity contribution >= 4 is 38.0 Å². The number of aromatic amines is 1. The van der Waals surface area contributed by atoms with Crippen molar-refractivity contribution in [2.24, 2.45) is 0 Å². The van der Waals surface area contributed by atoms with Gasteiger partial charge in [-0.2, -0.15) is 0 Å². The Labute approximate surface area is 145 Å². The number of benzene rings is 2. The number of fused-ring (bicyclic) bond motifs is 4. The van der Waals surface area contributed by atoms with Crippen LogP contribution in [0.5, 0.6) is 0 Å². The molecule has 25 heavy (non-hydrogen) atoms. The molecule has 0 atom stereocenters. The number of pyridine rings is 1. The second-order valence-corrected chi connectivity index (χ2v) is 6.94. The summed E-state index contributed by atoms with van der Waals surface area (Å²) in [7, 11) is 0.